The predicted molar refractivity (Wildman–Crippen MR) is 77.6 cm³/mol. The maximum Gasteiger partial charge on any atom is 0.339 e. The van der Waals surface area contributed by atoms with Crippen molar-refractivity contribution >= 4 is 29.4 Å². The number of nitrogens with zero attached hydrogens (tertiary/aromatic N) is 1. The van der Waals surface area contributed by atoms with Crippen molar-refractivity contribution in [2.24, 2.45) is 0 Å². The van der Waals surface area contributed by atoms with Crippen LogP contribution in [0.25, 0.3) is 0 Å². The first-order valence-electron chi connectivity index (χ1n) is 6.28. The molecule has 0 atom stereocenters. The molecule has 1 aromatic carbocycles. The molecule has 0 spiro atoms. The number of anilines is 1. The van der Waals surface area contributed by atoms with Gasteiger partial charge in [-0.1, -0.05) is 0 Å². The molecule has 7 heteroatoms. The lowest BCUT2D eigenvalue weighted by atomic mass is 10.2. The van der Waals surface area contributed by atoms with Crippen LogP contribution >= 0.6 is 11.8 Å². The Balaban J connectivity index is 2.07. The smallest absolute Gasteiger partial charge is 0.339 e. The van der Waals surface area contributed by atoms with Crippen LogP contribution in [-0.2, 0) is 0 Å². The summed E-state index contributed by atoms with van der Waals surface area (Å²) in [4.78, 5) is 24.7. The molecular weight excluding hydrogens is 280 g/mol. The second-order valence-electron chi connectivity index (χ2n) is 4.42. The minimum atomic E-state index is -1.23. The van der Waals surface area contributed by atoms with E-state index in [1.54, 1.807) is 4.90 Å². The average Bonchev–Trinajstić information content (AvgIpc) is 2.69. The zero-order valence-corrected chi connectivity index (χ0v) is 11.7. The van der Waals surface area contributed by atoms with Crippen molar-refractivity contribution in [3.05, 3.63) is 23.8 Å². The van der Waals surface area contributed by atoms with E-state index in [4.69, 9.17) is 5.11 Å². The standard InChI is InChI=1S/C13H16N2O4S/c16-11-3-2-9(8-10(11)12(17)18)14-13(19)15-4-1-6-20-7-5-15/h2-3,8,16H,1,4-7H2,(H,14,19)(H,17,18). The first kappa shape index (κ1) is 14.5. The number of hydrogen-bond acceptors (Lipinski definition) is 4. The molecule has 1 aliphatic rings. The second kappa shape index (κ2) is 6.51. The van der Waals surface area contributed by atoms with Crippen molar-refractivity contribution in [3.8, 4) is 5.75 Å². The highest BCUT2D eigenvalue weighted by molar-refractivity contribution is 7.99. The Morgan fingerprint density at radius 3 is 2.80 bits per heavy atom. The number of carbonyl (C=O) groups is 2. The zero-order chi connectivity index (χ0) is 14.5. The Morgan fingerprint density at radius 2 is 2.05 bits per heavy atom. The summed E-state index contributed by atoms with van der Waals surface area (Å²) < 4.78 is 0. The molecule has 0 bridgehead atoms. The van der Waals surface area contributed by atoms with Gasteiger partial charge in [-0.2, -0.15) is 11.8 Å². The molecule has 1 heterocycles. The van der Waals surface area contributed by atoms with E-state index in [1.165, 1.54) is 18.2 Å². The Hall–Kier alpha value is -1.89. The molecule has 1 fully saturated rings. The minimum Gasteiger partial charge on any atom is -0.507 e. The van der Waals surface area contributed by atoms with Gasteiger partial charge in [0.15, 0.2) is 0 Å². The number of nitrogens with one attached hydrogen (secondary N) is 1. The molecule has 0 unspecified atom stereocenters. The fraction of sp³-hybridized carbons (Fsp3) is 0.385. The average molecular weight is 296 g/mol. The number of rotatable bonds is 2. The number of aromatic hydroxyl groups is 1. The topological polar surface area (TPSA) is 89.9 Å². The summed E-state index contributed by atoms with van der Waals surface area (Å²) in [6, 6.07) is 3.75. The van der Waals surface area contributed by atoms with Gasteiger partial charge in [0.25, 0.3) is 0 Å². The van der Waals surface area contributed by atoms with E-state index in [0.717, 1.165) is 17.9 Å². The quantitative estimate of drug-likeness (QED) is 0.727. The number of thioether (sulfide) groups is 1. The molecule has 0 saturated carbocycles. The Morgan fingerprint density at radius 1 is 1.25 bits per heavy atom. The number of amides is 2. The van der Waals surface area contributed by atoms with Gasteiger partial charge < -0.3 is 20.4 Å². The van der Waals surface area contributed by atoms with Crippen molar-refractivity contribution in [2.45, 2.75) is 6.42 Å². The maximum atomic E-state index is 12.1. The molecule has 1 aliphatic heterocycles. The highest BCUT2D eigenvalue weighted by Gasteiger charge is 2.17. The van der Waals surface area contributed by atoms with Crippen LogP contribution in [0, 0.1) is 0 Å². The molecule has 1 aromatic rings. The first-order valence-corrected chi connectivity index (χ1v) is 7.43. The van der Waals surface area contributed by atoms with Crippen LogP contribution in [0.3, 0.4) is 0 Å². The SMILES string of the molecule is O=C(O)c1cc(NC(=O)N2CCCSCC2)ccc1O. The predicted octanol–water partition coefficient (Wildman–Crippen LogP) is 2.06. The molecular formula is C13H16N2O4S. The zero-order valence-electron chi connectivity index (χ0n) is 10.8. The van der Waals surface area contributed by atoms with Crippen LogP contribution in [0.1, 0.15) is 16.8 Å². The largest absolute Gasteiger partial charge is 0.507 e. The summed E-state index contributed by atoms with van der Waals surface area (Å²) in [5.74, 6) is 0.404. The summed E-state index contributed by atoms with van der Waals surface area (Å²) >= 11 is 1.82. The molecule has 2 rings (SSSR count). The van der Waals surface area contributed by atoms with E-state index in [2.05, 4.69) is 5.32 Å². The Bertz CT molecular complexity index is 513. The van der Waals surface area contributed by atoms with E-state index in [1.807, 2.05) is 11.8 Å². The molecule has 2 amide bonds. The monoisotopic (exact) mass is 296 g/mol. The van der Waals surface area contributed by atoms with E-state index >= 15 is 0 Å². The van der Waals surface area contributed by atoms with Crippen LogP contribution in [-0.4, -0.2) is 51.7 Å². The van der Waals surface area contributed by atoms with Gasteiger partial charge in [-0.05, 0) is 30.4 Å². The molecule has 3 N–H and O–H groups in total. The number of hydrogen-bond donors (Lipinski definition) is 3. The summed E-state index contributed by atoms with van der Waals surface area (Å²) in [6.45, 7) is 1.38. The van der Waals surface area contributed by atoms with E-state index in [-0.39, 0.29) is 17.3 Å². The number of urea groups is 1. The van der Waals surface area contributed by atoms with Crippen LogP contribution in [0.4, 0.5) is 10.5 Å². The molecule has 108 valence electrons. The normalized spacial score (nSPS) is 15.5. The second-order valence-corrected chi connectivity index (χ2v) is 5.64. The first-order chi connectivity index (χ1) is 9.58. The summed E-state index contributed by atoms with van der Waals surface area (Å²) in [6.07, 6.45) is 0.952. The number of benzene rings is 1. The third-order valence-electron chi connectivity index (χ3n) is 2.99. The van der Waals surface area contributed by atoms with Gasteiger partial charge in [-0.3, -0.25) is 0 Å². The summed E-state index contributed by atoms with van der Waals surface area (Å²) in [5.41, 5.74) is 0.135. The third-order valence-corrected chi connectivity index (χ3v) is 4.04. The van der Waals surface area contributed by atoms with Crippen LogP contribution in [0.15, 0.2) is 18.2 Å². The summed E-state index contributed by atoms with van der Waals surface area (Å²) in [7, 11) is 0. The molecule has 20 heavy (non-hydrogen) atoms. The van der Waals surface area contributed by atoms with Crippen LogP contribution in [0.5, 0.6) is 5.75 Å². The van der Waals surface area contributed by atoms with Crippen LogP contribution < -0.4 is 5.32 Å². The highest BCUT2D eigenvalue weighted by Crippen LogP contribution is 2.22. The van der Waals surface area contributed by atoms with Crippen molar-refractivity contribution in [2.75, 3.05) is 29.9 Å². The molecule has 1 saturated heterocycles. The van der Waals surface area contributed by atoms with E-state index < -0.39 is 5.97 Å². The molecule has 0 aromatic heterocycles. The van der Waals surface area contributed by atoms with Gasteiger partial charge in [0, 0.05) is 24.5 Å². The molecule has 0 aliphatic carbocycles. The van der Waals surface area contributed by atoms with Gasteiger partial charge in [-0.15, -0.1) is 0 Å². The molecule has 0 radical (unpaired) electrons. The maximum absolute atomic E-state index is 12.1. The fourth-order valence-electron chi connectivity index (χ4n) is 1.94. The van der Waals surface area contributed by atoms with Gasteiger partial charge in [0.1, 0.15) is 11.3 Å². The number of aromatic carboxylic acids is 1. The van der Waals surface area contributed by atoms with Crippen molar-refractivity contribution in [1.29, 1.82) is 0 Å². The minimum absolute atomic E-state index is 0.228. The van der Waals surface area contributed by atoms with Gasteiger partial charge in [0.05, 0.1) is 0 Å². The van der Waals surface area contributed by atoms with Crippen molar-refractivity contribution in [3.63, 3.8) is 0 Å². The lowest BCUT2D eigenvalue weighted by Crippen LogP contribution is -2.36. The van der Waals surface area contributed by atoms with Gasteiger partial charge in [0.2, 0.25) is 0 Å². The lowest BCUT2D eigenvalue weighted by Gasteiger charge is -2.20. The van der Waals surface area contributed by atoms with Crippen molar-refractivity contribution in [1.82, 2.24) is 4.90 Å². The number of carboxylic acid groups (broad SMARTS) is 1. The number of carbonyl (C=O) groups excluding carboxylic acids is 1. The van der Waals surface area contributed by atoms with E-state index in [9.17, 15) is 14.7 Å². The van der Waals surface area contributed by atoms with E-state index in [0.29, 0.717) is 18.8 Å². The highest BCUT2D eigenvalue weighted by atomic mass is 32.2. The van der Waals surface area contributed by atoms with Crippen molar-refractivity contribution < 1.29 is 19.8 Å². The molecule has 6 nitrogen and oxygen atoms in total. The van der Waals surface area contributed by atoms with Gasteiger partial charge in [-0.25, -0.2) is 9.59 Å². The third kappa shape index (κ3) is 3.57. The fourth-order valence-corrected chi connectivity index (χ4v) is 2.82. The Labute approximate surface area is 120 Å². The van der Waals surface area contributed by atoms with Crippen LogP contribution in [0.2, 0.25) is 0 Å². The number of carboxylic acids is 1. The lowest BCUT2D eigenvalue weighted by molar-refractivity contribution is 0.0693. The van der Waals surface area contributed by atoms with Gasteiger partial charge >= 0.3 is 12.0 Å². The Kier molecular flexibility index (Phi) is 4.73. The summed E-state index contributed by atoms with van der Waals surface area (Å²) in [5, 5.41) is 21.0. The number of phenols is 1.